The number of nitrogens with zero attached hydrogens (tertiary/aromatic N) is 3. The van der Waals surface area contributed by atoms with Gasteiger partial charge >= 0.3 is 6.18 Å². The smallest absolute Gasteiger partial charge is 0.314 e. The van der Waals surface area contributed by atoms with Crippen molar-refractivity contribution in [1.82, 2.24) is 14.8 Å². The van der Waals surface area contributed by atoms with Gasteiger partial charge in [-0.05, 0) is 56.4 Å². The molecule has 0 amide bonds. The molecule has 5 rings (SSSR count). The number of benzene rings is 1. The van der Waals surface area contributed by atoms with E-state index in [4.69, 9.17) is 0 Å². The summed E-state index contributed by atoms with van der Waals surface area (Å²) in [6, 6.07) is 5.64. The lowest BCUT2D eigenvalue weighted by Crippen LogP contribution is -2.45. The van der Waals surface area contributed by atoms with Gasteiger partial charge in [0, 0.05) is 18.0 Å². The van der Waals surface area contributed by atoms with Crippen LogP contribution in [0.25, 0.3) is 11.4 Å². The Bertz CT molecular complexity index is 813. The molecule has 3 aliphatic rings. The quantitative estimate of drug-likeness (QED) is 0.665. The van der Waals surface area contributed by atoms with Crippen molar-refractivity contribution >= 4 is 0 Å². The molecular formula is C21H26F3N3. The lowest BCUT2D eigenvalue weighted by molar-refractivity contribution is -0.137. The fourth-order valence-electron chi connectivity index (χ4n) is 5.45. The molecule has 1 heterocycles. The van der Waals surface area contributed by atoms with Crippen LogP contribution in [-0.4, -0.2) is 14.8 Å². The van der Waals surface area contributed by atoms with E-state index in [1.165, 1.54) is 44.2 Å². The second kappa shape index (κ2) is 6.35. The van der Waals surface area contributed by atoms with Gasteiger partial charge in [-0.15, -0.1) is 10.2 Å². The van der Waals surface area contributed by atoms with E-state index >= 15 is 0 Å². The Morgan fingerprint density at radius 3 is 2.22 bits per heavy atom. The van der Waals surface area contributed by atoms with Crippen LogP contribution in [0, 0.1) is 5.41 Å². The van der Waals surface area contributed by atoms with Crippen LogP contribution in [0.15, 0.2) is 24.3 Å². The maximum atomic E-state index is 13.4. The van der Waals surface area contributed by atoms with Crippen molar-refractivity contribution in [3.8, 4) is 11.4 Å². The molecule has 6 heteroatoms. The zero-order valence-corrected chi connectivity index (χ0v) is 15.9. The number of halogens is 3. The molecule has 146 valence electrons. The van der Waals surface area contributed by atoms with Gasteiger partial charge in [0.1, 0.15) is 5.82 Å². The summed E-state index contributed by atoms with van der Waals surface area (Å²) in [6.45, 7) is 2.25. The van der Waals surface area contributed by atoms with E-state index < -0.39 is 11.7 Å². The Kier molecular flexibility index (Phi) is 4.35. The van der Waals surface area contributed by atoms with Crippen LogP contribution in [0.3, 0.4) is 0 Å². The molecule has 0 saturated heterocycles. The first-order valence-electron chi connectivity index (χ1n) is 9.87. The summed E-state index contributed by atoms with van der Waals surface area (Å²) in [7, 11) is 1.81. The first kappa shape index (κ1) is 18.5. The summed E-state index contributed by atoms with van der Waals surface area (Å²) in [5.74, 6) is 1.17. The average Bonchev–Trinajstić information content (AvgIpc) is 3.05. The summed E-state index contributed by atoms with van der Waals surface area (Å²) >= 11 is 0. The Morgan fingerprint density at radius 2 is 1.63 bits per heavy atom. The van der Waals surface area contributed by atoms with Crippen LogP contribution in [0.1, 0.15) is 69.7 Å². The van der Waals surface area contributed by atoms with Crippen LogP contribution in [0.5, 0.6) is 0 Å². The van der Waals surface area contributed by atoms with Crippen molar-refractivity contribution in [1.29, 1.82) is 0 Å². The van der Waals surface area contributed by atoms with Gasteiger partial charge in [0.15, 0.2) is 5.82 Å². The highest BCUT2D eigenvalue weighted by Gasteiger charge is 2.51. The predicted molar refractivity (Wildman–Crippen MR) is 98.2 cm³/mol. The van der Waals surface area contributed by atoms with Gasteiger partial charge < -0.3 is 4.57 Å². The molecule has 0 atom stereocenters. The number of aromatic nitrogens is 3. The molecule has 0 N–H and O–H groups in total. The van der Waals surface area contributed by atoms with Crippen LogP contribution in [-0.2, 0) is 18.6 Å². The SMILES string of the molecule is CCCC12CCC(c3nnc(-c4ccccc4C(F)(F)F)n3C)(CC1)CC2. The van der Waals surface area contributed by atoms with Crippen LogP contribution in [0.2, 0.25) is 0 Å². The first-order chi connectivity index (χ1) is 12.8. The molecule has 3 fully saturated rings. The molecule has 1 aromatic carbocycles. The van der Waals surface area contributed by atoms with E-state index in [9.17, 15) is 13.2 Å². The highest BCUT2D eigenvalue weighted by Crippen LogP contribution is 2.59. The van der Waals surface area contributed by atoms with Crippen LogP contribution >= 0.6 is 0 Å². The summed E-state index contributed by atoms with van der Waals surface area (Å²) in [6.07, 6.45) is 4.89. The maximum Gasteiger partial charge on any atom is 0.417 e. The number of hydrogen-bond acceptors (Lipinski definition) is 2. The lowest BCUT2D eigenvalue weighted by atomic mass is 9.52. The lowest BCUT2D eigenvalue weighted by Gasteiger charge is -2.53. The zero-order chi connectivity index (χ0) is 19.3. The topological polar surface area (TPSA) is 30.7 Å². The molecule has 0 spiro atoms. The third kappa shape index (κ3) is 2.97. The van der Waals surface area contributed by atoms with E-state index in [0.29, 0.717) is 11.2 Å². The standard InChI is InChI=1S/C21H26F3N3/c1-3-8-19-9-12-20(13-10-19,14-11-19)18-26-25-17(27(18)2)15-6-4-5-7-16(15)21(22,23)24/h4-7H,3,8-14H2,1-2H3. The molecule has 27 heavy (non-hydrogen) atoms. The van der Waals surface area contributed by atoms with E-state index in [0.717, 1.165) is 31.2 Å². The van der Waals surface area contributed by atoms with Crippen molar-refractivity contribution < 1.29 is 13.2 Å². The fourth-order valence-corrected chi connectivity index (χ4v) is 5.45. The minimum atomic E-state index is -4.41. The molecule has 1 aromatic heterocycles. The molecule has 0 aliphatic heterocycles. The largest absolute Gasteiger partial charge is 0.417 e. The third-order valence-electron chi connectivity index (χ3n) is 7.00. The Balaban J connectivity index is 1.70. The molecular weight excluding hydrogens is 351 g/mol. The van der Waals surface area contributed by atoms with Crippen LogP contribution < -0.4 is 0 Å². The van der Waals surface area contributed by atoms with Gasteiger partial charge in [0.05, 0.1) is 5.56 Å². The molecule has 2 aromatic rings. The van der Waals surface area contributed by atoms with E-state index in [2.05, 4.69) is 17.1 Å². The van der Waals surface area contributed by atoms with Gasteiger partial charge in [-0.3, -0.25) is 0 Å². The Hall–Kier alpha value is -1.85. The van der Waals surface area contributed by atoms with Crippen molar-refractivity contribution in [2.45, 2.75) is 69.9 Å². The van der Waals surface area contributed by atoms with E-state index in [1.54, 1.807) is 6.07 Å². The highest BCUT2D eigenvalue weighted by atomic mass is 19.4. The number of rotatable bonds is 4. The number of alkyl halides is 3. The zero-order valence-electron chi connectivity index (χ0n) is 15.9. The summed E-state index contributed by atoms with van der Waals surface area (Å²) in [5, 5.41) is 8.63. The van der Waals surface area contributed by atoms with Crippen LogP contribution in [0.4, 0.5) is 13.2 Å². The summed E-state index contributed by atoms with van der Waals surface area (Å²) in [4.78, 5) is 0. The van der Waals surface area contributed by atoms with Gasteiger partial charge in [0.25, 0.3) is 0 Å². The van der Waals surface area contributed by atoms with E-state index in [-0.39, 0.29) is 11.0 Å². The van der Waals surface area contributed by atoms with E-state index in [1.807, 2.05) is 11.6 Å². The minimum Gasteiger partial charge on any atom is -0.314 e. The van der Waals surface area contributed by atoms with Gasteiger partial charge in [-0.25, -0.2) is 0 Å². The fraction of sp³-hybridized carbons (Fsp3) is 0.619. The van der Waals surface area contributed by atoms with Crippen molar-refractivity contribution in [3.63, 3.8) is 0 Å². The maximum absolute atomic E-state index is 13.4. The molecule has 3 aliphatic carbocycles. The first-order valence-corrected chi connectivity index (χ1v) is 9.87. The molecule has 0 radical (unpaired) electrons. The Labute approximate surface area is 158 Å². The van der Waals surface area contributed by atoms with Crippen molar-refractivity contribution in [3.05, 3.63) is 35.7 Å². The minimum absolute atomic E-state index is 0.0251. The molecule has 3 saturated carbocycles. The third-order valence-corrected chi connectivity index (χ3v) is 7.00. The molecule has 2 bridgehead atoms. The predicted octanol–water partition coefficient (Wildman–Crippen LogP) is 5.89. The van der Waals surface area contributed by atoms with Gasteiger partial charge in [-0.2, -0.15) is 13.2 Å². The Morgan fingerprint density at radius 1 is 1.00 bits per heavy atom. The van der Waals surface area contributed by atoms with Gasteiger partial charge in [-0.1, -0.05) is 31.5 Å². The molecule has 3 nitrogen and oxygen atoms in total. The number of hydrogen-bond donors (Lipinski definition) is 0. The van der Waals surface area contributed by atoms with Crippen molar-refractivity contribution in [2.75, 3.05) is 0 Å². The normalized spacial score (nSPS) is 27.9. The summed E-state index contributed by atoms with van der Waals surface area (Å²) in [5.41, 5.74) is -0.0860. The second-order valence-electron chi connectivity index (χ2n) is 8.48. The molecule has 0 unspecified atom stereocenters. The summed E-state index contributed by atoms with van der Waals surface area (Å²) < 4.78 is 42.1. The number of fused-ring (bicyclic) bond motifs is 3. The highest BCUT2D eigenvalue weighted by molar-refractivity contribution is 5.61. The monoisotopic (exact) mass is 377 g/mol. The van der Waals surface area contributed by atoms with Crippen molar-refractivity contribution in [2.24, 2.45) is 12.5 Å². The second-order valence-corrected chi connectivity index (χ2v) is 8.48. The van der Waals surface area contributed by atoms with Gasteiger partial charge in [0.2, 0.25) is 0 Å². The average molecular weight is 377 g/mol.